The summed E-state index contributed by atoms with van der Waals surface area (Å²) < 4.78 is 29.2. The quantitative estimate of drug-likeness (QED) is 0.0889. The Bertz CT molecular complexity index is 6710. The summed E-state index contributed by atoms with van der Waals surface area (Å²) in [6, 6.07) is 92.9. The molecule has 0 bridgehead atoms. The third-order valence-electron chi connectivity index (χ3n) is 24.7. The van der Waals surface area contributed by atoms with E-state index in [9.17, 15) is 0 Å². The molecule has 0 aliphatic rings. The van der Waals surface area contributed by atoms with Gasteiger partial charge in [-0.2, -0.15) is 18.3 Å². The molecule has 128 heavy (non-hydrogen) atoms. The van der Waals surface area contributed by atoms with Crippen LogP contribution in [0.25, 0.3) is 113 Å². The summed E-state index contributed by atoms with van der Waals surface area (Å²) in [6.07, 6.45) is 20.6. The van der Waals surface area contributed by atoms with E-state index in [1.165, 1.54) is 152 Å². The number of rotatable bonds is 16. The van der Waals surface area contributed by atoms with Crippen molar-refractivity contribution in [3.8, 4) is 91.3 Å². The Labute approximate surface area is 761 Å². The first-order valence-corrected chi connectivity index (χ1v) is 45.4. The van der Waals surface area contributed by atoms with Gasteiger partial charge in [-0.1, -0.05) is 235 Å². The van der Waals surface area contributed by atoms with E-state index in [1.807, 2.05) is 61.5 Å². The van der Waals surface area contributed by atoms with Gasteiger partial charge in [0.25, 0.3) is 5.82 Å². The van der Waals surface area contributed by atoms with Crippen molar-refractivity contribution in [2.24, 2.45) is 63.4 Å². The number of aryl methyl sites for hydroxylation is 13. The lowest BCUT2D eigenvalue weighted by Crippen LogP contribution is -2.31. The van der Waals surface area contributed by atoms with Crippen LogP contribution >= 0.6 is 0 Å². The summed E-state index contributed by atoms with van der Waals surface area (Å²) >= 11 is 0. The van der Waals surface area contributed by atoms with Gasteiger partial charge in [-0.15, -0.1) is 0 Å². The number of fused-ring (bicyclic) bond motifs is 2. The first-order chi connectivity index (χ1) is 61.5. The van der Waals surface area contributed by atoms with Gasteiger partial charge in [-0.25, -0.2) is 32.4 Å². The first-order valence-electron chi connectivity index (χ1n) is 45.4. The van der Waals surface area contributed by atoms with E-state index in [0.29, 0.717) is 35.5 Å². The molecule has 0 spiro atoms. The smallest absolute Gasteiger partial charge is 0.330 e. The molecular formula is C114H134N14+6. The van der Waals surface area contributed by atoms with Gasteiger partial charge in [-0.3, -0.25) is 0 Å². The molecule has 0 saturated carbocycles. The lowest BCUT2D eigenvalue weighted by molar-refractivity contribution is -0.660. The second-order valence-electron chi connectivity index (χ2n) is 36.0. The van der Waals surface area contributed by atoms with Crippen molar-refractivity contribution >= 4 is 22.1 Å². The van der Waals surface area contributed by atoms with E-state index in [-0.39, 0.29) is 0 Å². The minimum Gasteiger partial charge on any atom is -0.344 e. The number of nitrogens with zero attached hydrogens (tertiary/aromatic N) is 14. The molecule has 14 heteroatoms. The van der Waals surface area contributed by atoms with Gasteiger partial charge in [0, 0.05) is 114 Å². The van der Waals surface area contributed by atoms with Gasteiger partial charge < -0.3 is 13.7 Å². The molecule has 0 N–H and O–H groups in total. The molecule has 0 radical (unpaired) electrons. The molecule has 18 rings (SSSR count). The fourth-order valence-electron chi connectivity index (χ4n) is 17.8. The monoisotopic (exact) mass is 1700 g/mol. The fourth-order valence-corrected chi connectivity index (χ4v) is 17.8. The van der Waals surface area contributed by atoms with Gasteiger partial charge in [0.15, 0.2) is 34.5 Å². The molecular weight excluding hydrogens is 1570 g/mol. The molecule has 9 aromatic heterocycles. The molecule has 0 aliphatic heterocycles. The minimum atomic E-state index is 0.444. The van der Waals surface area contributed by atoms with Crippen LogP contribution in [0.4, 0.5) is 0 Å². The van der Waals surface area contributed by atoms with Crippen molar-refractivity contribution in [1.29, 1.82) is 0 Å². The highest BCUT2D eigenvalue weighted by Gasteiger charge is 2.35. The van der Waals surface area contributed by atoms with E-state index in [2.05, 4.69) is 500 Å². The number of benzene rings is 9. The highest BCUT2D eigenvalue weighted by Crippen LogP contribution is 2.41. The van der Waals surface area contributed by atoms with Crippen LogP contribution in [0.1, 0.15) is 174 Å². The zero-order chi connectivity index (χ0) is 91.5. The molecule has 9 heterocycles. The van der Waals surface area contributed by atoms with Crippen LogP contribution in [0.3, 0.4) is 0 Å². The van der Waals surface area contributed by atoms with E-state index in [0.717, 1.165) is 17.3 Å². The standard InChI is InChI=1S/C27H31N2.C25H30N3.C21H28N3.C14H15N4.C14H16N.C13H14N/c1-18(2)21-14-11-15-22(19(3)4)26(21)29-25-17-10-9-16-24(25)28(6)27(29)23-13-8-7-12-20(23)5;1-17(2)19-11-9-12-20(18(3)4)24(19)28-22-14-8-7-13-21(22)27(6)25(28)23-15-10-16-26(23)5;1-15(2)17-9-7-10-18(16(3)4)20(17)24-14-13-23(6)21(24)19-11-8-12-22(19)5;1-16-9-8-15-13(16)14-17(2)10-11-18(14)12-6-4-3-5-7-12;1-11-8-9-14(15(3)10-11)13-7-5-4-6-12(13)2;1-11-7-3-4-8-12(11)13-9-5-6-10-14(13)2/h7-19H,1-6H3;7-18H,1-6H3;7-16H,1-6H3;3-11H,1-2H3;4-10H,1-3H3;3-10H,1-2H3/q6*+1. The Hall–Kier alpha value is -13.6. The van der Waals surface area contributed by atoms with E-state index in [4.69, 9.17) is 0 Å². The molecule has 0 fully saturated rings. The number of pyridine rings is 2. The van der Waals surface area contributed by atoms with Crippen LogP contribution in [0.5, 0.6) is 0 Å². The predicted octanol–water partition coefficient (Wildman–Crippen LogP) is 23.9. The SMILES string of the molecule is CC(C)c1cccc(C(C)C)c1-n1c(-c2cccn2C)[n+](C)c2ccccc21.CC(C)c1cccc(C(C)C)c1-n1cc[n+](C)c1-c1cccn1C.Cc1ccc(-c2ccccc2C)[n+](C)c1.Cc1ccccc1-c1cccc[n+]1C.Cc1ccccc1-c1n(-c2c(C(C)C)cccc2C(C)C)c2ccccc2[n+]1C.Cn1ccnc1-c1n(-c2ccccc2)cc[n+]1C. The minimum absolute atomic E-state index is 0.444. The average Bonchev–Trinajstić information content (AvgIpc) is 1.58. The number of imidazole rings is 5. The third-order valence-corrected chi connectivity index (χ3v) is 24.7. The van der Waals surface area contributed by atoms with Crippen molar-refractivity contribution in [1.82, 2.24) is 37.0 Å². The Kier molecular flexibility index (Phi) is 29.4. The lowest BCUT2D eigenvalue weighted by atomic mass is 9.92. The zero-order valence-corrected chi connectivity index (χ0v) is 80.3. The van der Waals surface area contributed by atoms with E-state index >= 15 is 0 Å². The van der Waals surface area contributed by atoms with Gasteiger partial charge in [0.05, 0.1) is 33.8 Å². The number of hydrogen-bond donors (Lipinski definition) is 0. The maximum absolute atomic E-state index is 4.43. The first kappa shape index (κ1) is 92.1. The van der Waals surface area contributed by atoms with Crippen LogP contribution in [0, 0.1) is 27.7 Å². The number of para-hydroxylation sites is 8. The van der Waals surface area contributed by atoms with Gasteiger partial charge in [0.1, 0.15) is 73.0 Å². The molecule has 0 aliphatic carbocycles. The molecule has 0 saturated heterocycles. The summed E-state index contributed by atoms with van der Waals surface area (Å²) in [7, 11) is 18.9. The molecule has 0 unspecified atom stereocenters. The fraction of sp³-hybridized carbons (Fsp3) is 0.272. The maximum atomic E-state index is 4.43. The van der Waals surface area contributed by atoms with E-state index in [1.54, 1.807) is 0 Å². The molecule has 654 valence electrons. The third kappa shape index (κ3) is 19.5. The summed E-state index contributed by atoms with van der Waals surface area (Å²) in [6.45, 7) is 36.0. The predicted molar refractivity (Wildman–Crippen MR) is 529 cm³/mol. The second-order valence-corrected chi connectivity index (χ2v) is 36.0. The van der Waals surface area contributed by atoms with Gasteiger partial charge in [-0.05, 0) is 171 Å². The molecule has 0 atom stereocenters. The molecule has 0 amide bonds. The Balaban J connectivity index is 0.000000134. The Morgan fingerprint density at radius 3 is 1.10 bits per heavy atom. The molecule has 18 aromatic rings. The Morgan fingerprint density at radius 2 is 0.672 bits per heavy atom. The van der Waals surface area contributed by atoms with Crippen molar-refractivity contribution in [3.05, 3.63) is 378 Å². The number of hydrogen-bond acceptors (Lipinski definition) is 1. The van der Waals surface area contributed by atoms with Crippen LogP contribution in [-0.4, -0.2) is 37.0 Å². The van der Waals surface area contributed by atoms with Crippen LogP contribution in [0.2, 0.25) is 0 Å². The van der Waals surface area contributed by atoms with Gasteiger partial charge >= 0.3 is 17.5 Å². The average molecular weight is 1700 g/mol. The van der Waals surface area contributed by atoms with Crippen molar-refractivity contribution in [2.45, 2.75) is 146 Å². The largest absolute Gasteiger partial charge is 0.344 e. The molecule has 9 aromatic carbocycles. The normalized spacial score (nSPS) is 11.3. The zero-order valence-electron chi connectivity index (χ0n) is 80.3. The van der Waals surface area contributed by atoms with Gasteiger partial charge in [0.2, 0.25) is 17.2 Å². The van der Waals surface area contributed by atoms with Crippen LogP contribution in [-0.2, 0) is 63.4 Å². The lowest BCUT2D eigenvalue weighted by Gasteiger charge is -2.18. The number of aromatic nitrogens is 14. The van der Waals surface area contributed by atoms with Crippen LogP contribution < -0.4 is 27.4 Å². The summed E-state index contributed by atoms with van der Waals surface area (Å²) in [5.41, 5.74) is 32.5. The van der Waals surface area contributed by atoms with Crippen LogP contribution in [0.15, 0.2) is 323 Å². The Morgan fingerprint density at radius 1 is 0.281 bits per heavy atom. The highest BCUT2D eigenvalue weighted by molar-refractivity contribution is 5.82. The van der Waals surface area contributed by atoms with Crippen molar-refractivity contribution in [2.75, 3.05) is 0 Å². The second kappa shape index (κ2) is 40.8. The summed E-state index contributed by atoms with van der Waals surface area (Å²) in [5, 5.41) is 0. The van der Waals surface area contributed by atoms with Crippen molar-refractivity contribution < 1.29 is 27.4 Å². The molecule has 14 nitrogen and oxygen atoms in total. The summed E-state index contributed by atoms with van der Waals surface area (Å²) in [5.74, 6) is 8.41. The van der Waals surface area contributed by atoms with E-state index < -0.39 is 0 Å². The highest BCUT2D eigenvalue weighted by atomic mass is 15.2. The topological polar surface area (TPSA) is 70.7 Å². The summed E-state index contributed by atoms with van der Waals surface area (Å²) in [4.78, 5) is 4.43. The maximum Gasteiger partial charge on any atom is 0.330 e. The van der Waals surface area contributed by atoms with Crippen molar-refractivity contribution in [3.63, 3.8) is 0 Å².